The van der Waals surface area contributed by atoms with Gasteiger partial charge in [0.15, 0.2) is 0 Å². The van der Waals surface area contributed by atoms with Gasteiger partial charge in [-0.1, -0.05) is 28.9 Å². The predicted octanol–water partition coefficient (Wildman–Crippen LogP) is 2.44. The van der Waals surface area contributed by atoms with Crippen molar-refractivity contribution in [1.29, 1.82) is 0 Å². The molecule has 1 fully saturated rings. The number of nitrogens with zero attached hydrogens (tertiary/aromatic N) is 3. The fraction of sp³-hybridized carbons (Fsp3) is 0.412. The number of carboxylic acids is 1. The summed E-state index contributed by atoms with van der Waals surface area (Å²) in [5, 5.41) is 16.5. The van der Waals surface area contributed by atoms with Gasteiger partial charge in [-0.2, -0.15) is 4.98 Å². The highest BCUT2D eigenvalue weighted by molar-refractivity contribution is 6.30. The Morgan fingerprint density at radius 3 is 2.96 bits per heavy atom. The second-order valence-corrected chi connectivity index (χ2v) is 6.98. The Kier molecular flexibility index (Phi) is 5.13. The average Bonchev–Trinajstić information content (AvgIpc) is 3.23. The number of aromatic nitrogens is 2. The second-order valence-electron chi connectivity index (χ2n) is 6.54. The molecule has 2 aromatic rings. The monoisotopic (exact) mass is 378 g/mol. The summed E-state index contributed by atoms with van der Waals surface area (Å²) < 4.78 is 5.18. The van der Waals surface area contributed by atoms with Crippen LogP contribution in [0.25, 0.3) is 11.4 Å². The molecule has 0 spiro atoms. The number of nitrogens with one attached hydrogen (secondary N) is 1. The molecule has 1 unspecified atom stereocenters. The Balaban J connectivity index is 1.50. The number of hydrogen-bond donors (Lipinski definition) is 2. The maximum absolute atomic E-state index is 12.2. The van der Waals surface area contributed by atoms with Crippen molar-refractivity contribution in [2.45, 2.75) is 19.8 Å². The minimum atomic E-state index is -0.882. The van der Waals surface area contributed by atoms with E-state index in [-0.39, 0.29) is 12.6 Å². The third-order valence-electron chi connectivity index (χ3n) is 4.44. The topological polar surface area (TPSA) is 109 Å². The van der Waals surface area contributed by atoms with E-state index in [0.29, 0.717) is 42.7 Å². The lowest BCUT2D eigenvalue weighted by Crippen LogP contribution is -2.41. The first-order valence-corrected chi connectivity index (χ1v) is 8.60. The van der Waals surface area contributed by atoms with Crippen molar-refractivity contribution in [3.8, 4) is 11.4 Å². The van der Waals surface area contributed by atoms with Gasteiger partial charge in [0.2, 0.25) is 11.7 Å². The van der Waals surface area contributed by atoms with Gasteiger partial charge in [0.05, 0.1) is 5.41 Å². The van der Waals surface area contributed by atoms with E-state index >= 15 is 0 Å². The first-order valence-electron chi connectivity index (χ1n) is 8.22. The SMILES string of the molecule is CC1(C(=O)O)CCN(C(=O)NCCc2nc(-c3cccc(Cl)c3)no2)C1. The van der Waals surface area contributed by atoms with Crippen LogP contribution in [0.5, 0.6) is 0 Å². The lowest BCUT2D eigenvalue weighted by atomic mass is 9.90. The van der Waals surface area contributed by atoms with Gasteiger partial charge in [0.1, 0.15) is 0 Å². The number of aliphatic carboxylic acids is 1. The number of likely N-dealkylation sites (tertiary alicyclic amines) is 1. The highest BCUT2D eigenvalue weighted by atomic mass is 35.5. The molecular formula is C17H19ClN4O4. The number of carbonyl (C=O) groups excluding carboxylic acids is 1. The largest absolute Gasteiger partial charge is 0.481 e. The Labute approximate surface area is 155 Å². The molecule has 1 saturated heterocycles. The van der Waals surface area contributed by atoms with Crippen LogP contribution in [0.2, 0.25) is 5.02 Å². The second kappa shape index (κ2) is 7.33. The standard InChI is InChI=1S/C17H19ClN4O4/c1-17(15(23)24)6-8-22(10-17)16(25)19-7-5-13-20-14(21-26-13)11-3-2-4-12(18)9-11/h2-4,9H,5-8,10H2,1H3,(H,19,25)(H,23,24). The molecule has 0 aliphatic carbocycles. The molecule has 0 bridgehead atoms. The number of urea groups is 1. The van der Waals surface area contributed by atoms with Gasteiger partial charge >= 0.3 is 12.0 Å². The van der Waals surface area contributed by atoms with Crippen molar-refractivity contribution in [1.82, 2.24) is 20.4 Å². The normalized spacial score (nSPS) is 19.5. The van der Waals surface area contributed by atoms with Crippen LogP contribution in [0.3, 0.4) is 0 Å². The lowest BCUT2D eigenvalue weighted by Gasteiger charge is -2.20. The number of amides is 2. The summed E-state index contributed by atoms with van der Waals surface area (Å²) in [6, 6.07) is 6.84. The highest BCUT2D eigenvalue weighted by Gasteiger charge is 2.42. The van der Waals surface area contributed by atoms with E-state index in [2.05, 4.69) is 15.5 Å². The Morgan fingerprint density at radius 2 is 2.27 bits per heavy atom. The first-order chi connectivity index (χ1) is 12.4. The molecule has 2 amide bonds. The average molecular weight is 379 g/mol. The molecule has 1 aliphatic heterocycles. The van der Waals surface area contributed by atoms with Crippen LogP contribution in [0.15, 0.2) is 28.8 Å². The molecule has 138 valence electrons. The lowest BCUT2D eigenvalue weighted by molar-refractivity contribution is -0.146. The van der Waals surface area contributed by atoms with E-state index in [0.717, 1.165) is 5.56 Å². The first kappa shape index (κ1) is 18.2. The van der Waals surface area contributed by atoms with Gasteiger partial charge < -0.3 is 19.8 Å². The summed E-state index contributed by atoms with van der Waals surface area (Å²) in [5.74, 6) is -0.0464. The summed E-state index contributed by atoms with van der Waals surface area (Å²) >= 11 is 5.95. The number of hydrogen-bond acceptors (Lipinski definition) is 5. The van der Waals surface area contributed by atoms with Gasteiger partial charge in [-0.3, -0.25) is 4.79 Å². The minimum absolute atomic E-state index is 0.202. The number of carboxylic acid groups (broad SMARTS) is 1. The molecule has 26 heavy (non-hydrogen) atoms. The summed E-state index contributed by atoms with van der Waals surface area (Å²) in [6.07, 6.45) is 0.825. The summed E-state index contributed by atoms with van der Waals surface area (Å²) in [6.45, 7) is 2.59. The van der Waals surface area contributed by atoms with Crippen LogP contribution in [0, 0.1) is 5.41 Å². The number of carbonyl (C=O) groups is 2. The van der Waals surface area contributed by atoms with Crippen LogP contribution >= 0.6 is 11.6 Å². The molecular weight excluding hydrogens is 360 g/mol. The molecule has 9 heteroatoms. The maximum Gasteiger partial charge on any atom is 0.317 e. The summed E-state index contributed by atoms with van der Waals surface area (Å²) in [5.41, 5.74) is -0.128. The molecule has 2 N–H and O–H groups in total. The molecule has 1 aromatic carbocycles. The van der Waals surface area contributed by atoms with Crippen LogP contribution in [0.1, 0.15) is 19.2 Å². The summed E-state index contributed by atoms with van der Waals surface area (Å²) in [7, 11) is 0. The van der Waals surface area contributed by atoms with Crippen molar-refractivity contribution in [2.75, 3.05) is 19.6 Å². The third-order valence-corrected chi connectivity index (χ3v) is 4.68. The molecule has 0 saturated carbocycles. The minimum Gasteiger partial charge on any atom is -0.481 e. The van der Waals surface area contributed by atoms with E-state index in [4.69, 9.17) is 16.1 Å². The van der Waals surface area contributed by atoms with Crippen molar-refractivity contribution < 1.29 is 19.2 Å². The number of benzene rings is 1. The van der Waals surface area contributed by atoms with Crippen LogP contribution in [-0.2, 0) is 11.2 Å². The molecule has 8 nitrogen and oxygen atoms in total. The number of rotatable bonds is 5. The molecule has 1 atom stereocenters. The maximum atomic E-state index is 12.2. The molecule has 0 radical (unpaired) electrons. The highest BCUT2D eigenvalue weighted by Crippen LogP contribution is 2.29. The Morgan fingerprint density at radius 1 is 1.46 bits per heavy atom. The molecule has 3 rings (SSSR count). The zero-order valence-electron chi connectivity index (χ0n) is 14.2. The van der Waals surface area contributed by atoms with Crippen molar-refractivity contribution in [3.05, 3.63) is 35.2 Å². The zero-order chi connectivity index (χ0) is 18.7. The molecule has 1 aliphatic rings. The van der Waals surface area contributed by atoms with Crippen molar-refractivity contribution >= 4 is 23.6 Å². The summed E-state index contributed by atoms with van der Waals surface area (Å²) in [4.78, 5) is 29.2. The van der Waals surface area contributed by atoms with Gasteiger partial charge in [0.25, 0.3) is 0 Å². The van der Waals surface area contributed by atoms with Crippen LogP contribution in [-0.4, -0.2) is 51.8 Å². The van der Waals surface area contributed by atoms with Gasteiger partial charge in [0, 0.05) is 36.6 Å². The zero-order valence-corrected chi connectivity index (χ0v) is 15.0. The molecule has 1 aromatic heterocycles. The quantitative estimate of drug-likeness (QED) is 0.827. The van der Waals surface area contributed by atoms with E-state index in [1.165, 1.54) is 4.90 Å². The fourth-order valence-corrected chi connectivity index (χ4v) is 2.99. The van der Waals surface area contributed by atoms with Crippen LogP contribution < -0.4 is 5.32 Å². The number of halogens is 1. The third kappa shape index (κ3) is 3.96. The van der Waals surface area contributed by atoms with E-state index in [9.17, 15) is 14.7 Å². The van der Waals surface area contributed by atoms with E-state index in [1.54, 1.807) is 25.1 Å². The van der Waals surface area contributed by atoms with Crippen molar-refractivity contribution in [3.63, 3.8) is 0 Å². The van der Waals surface area contributed by atoms with E-state index in [1.807, 2.05) is 6.07 Å². The Bertz CT molecular complexity index is 825. The van der Waals surface area contributed by atoms with Gasteiger partial charge in [-0.15, -0.1) is 0 Å². The van der Waals surface area contributed by atoms with E-state index < -0.39 is 11.4 Å². The van der Waals surface area contributed by atoms with Crippen LogP contribution in [0.4, 0.5) is 4.79 Å². The predicted molar refractivity (Wildman–Crippen MR) is 93.8 cm³/mol. The van der Waals surface area contributed by atoms with Gasteiger partial charge in [-0.05, 0) is 25.5 Å². The smallest absolute Gasteiger partial charge is 0.317 e. The fourth-order valence-electron chi connectivity index (χ4n) is 2.80. The molecule has 2 heterocycles. The Hall–Kier alpha value is -2.61. The van der Waals surface area contributed by atoms with Crippen molar-refractivity contribution in [2.24, 2.45) is 5.41 Å². The van der Waals surface area contributed by atoms with Gasteiger partial charge in [-0.25, -0.2) is 4.79 Å².